The number of fused-ring (bicyclic) bond motifs is 4. The number of ether oxygens (including phenoxy) is 2. The van der Waals surface area contributed by atoms with Crippen LogP contribution in [0.5, 0.6) is 11.5 Å². The Hall–Kier alpha value is -3.95. The summed E-state index contributed by atoms with van der Waals surface area (Å²) in [4.78, 5) is 26.5. The third kappa shape index (κ3) is 3.91. The van der Waals surface area contributed by atoms with Crippen LogP contribution in [0.3, 0.4) is 0 Å². The smallest absolute Gasteiger partial charge is 0.274 e. The number of hydrogen-bond donors (Lipinski definition) is 1. The van der Waals surface area contributed by atoms with E-state index in [2.05, 4.69) is 5.10 Å². The fraction of sp³-hybridized carbons (Fsp3) is 0.148. The first kappa shape index (κ1) is 23.4. The number of carbonyl (C=O) groups excluding carboxylic acids is 2. The van der Waals surface area contributed by atoms with Gasteiger partial charge in [0.1, 0.15) is 0 Å². The number of rotatable bonds is 5. The first-order valence-electron chi connectivity index (χ1n) is 11.5. The second-order valence-corrected chi connectivity index (χ2v) is 9.80. The van der Waals surface area contributed by atoms with Gasteiger partial charge >= 0.3 is 0 Å². The van der Waals surface area contributed by atoms with Gasteiger partial charge in [-0.3, -0.25) is 9.59 Å². The van der Waals surface area contributed by atoms with E-state index in [1.54, 1.807) is 16.8 Å². The normalized spacial score (nSPS) is 13.1. The van der Waals surface area contributed by atoms with Crippen LogP contribution in [-0.4, -0.2) is 34.6 Å². The van der Waals surface area contributed by atoms with E-state index in [-0.39, 0.29) is 18.4 Å². The predicted octanol–water partition coefficient (Wildman–Crippen LogP) is 4.99. The number of nitrogens with two attached hydrogens (primary N) is 1. The van der Waals surface area contributed by atoms with E-state index >= 15 is 0 Å². The molecule has 37 heavy (non-hydrogen) atoms. The predicted molar refractivity (Wildman–Crippen MR) is 142 cm³/mol. The standard InChI is InChI=1S/C27H21ClN4O4S/c1-37-23-5-3-2-4-18(23)27(34)31(28)16-8-6-15-7-10-19-24(26(29)33)30-32(25(19)20(15)12-16)17-9-11-21-22(13-17)36-14-35-21/h2-6,8-9,11-13H,7,10,14H2,1H3,(H2,29,33). The van der Waals surface area contributed by atoms with Crippen LogP contribution in [0, 0.1) is 0 Å². The lowest BCUT2D eigenvalue weighted by molar-refractivity contribution is 0.0989. The second-order valence-electron chi connectivity index (χ2n) is 8.62. The summed E-state index contributed by atoms with van der Waals surface area (Å²) in [5.74, 6) is 0.310. The Morgan fingerprint density at radius 3 is 2.68 bits per heavy atom. The van der Waals surface area contributed by atoms with Crippen LogP contribution < -0.4 is 19.6 Å². The fourth-order valence-electron chi connectivity index (χ4n) is 4.79. The summed E-state index contributed by atoms with van der Waals surface area (Å²) >= 11 is 8.10. The minimum atomic E-state index is -0.599. The summed E-state index contributed by atoms with van der Waals surface area (Å²) in [6.07, 6.45) is 3.22. The highest BCUT2D eigenvalue weighted by molar-refractivity contribution is 7.98. The van der Waals surface area contributed by atoms with Gasteiger partial charge in [-0.15, -0.1) is 11.8 Å². The molecule has 2 heterocycles. The maximum Gasteiger partial charge on any atom is 0.274 e. The Balaban J connectivity index is 1.47. The molecular weight excluding hydrogens is 512 g/mol. The lowest BCUT2D eigenvalue weighted by Crippen LogP contribution is -2.22. The van der Waals surface area contributed by atoms with E-state index in [4.69, 9.17) is 27.0 Å². The van der Waals surface area contributed by atoms with Crippen molar-refractivity contribution in [3.8, 4) is 28.4 Å². The number of halogens is 1. The molecule has 8 nitrogen and oxygen atoms in total. The van der Waals surface area contributed by atoms with Crippen molar-refractivity contribution in [1.82, 2.24) is 9.78 Å². The van der Waals surface area contributed by atoms with E-state index in [0.29, 0.717) is 41.3 Å². The number of benzene rings is 3. The fourth-order valence-corrected chi connectivity index (χ4v) is 5.58. The molecule has 2 amide bonds. The molecule has 1 aliphatic heterocycles. The molecule has 0 saturated heterocycles. The third-order valence-electron chi connectivity index (χ3n) is 6.55. The largest absolute Gasteiger partial charge is 0.454 e. The first-order valence-corrected chi connectivity index (χ1v) is 13.1. The summed E-state index contributed by atoms with van der Waals surface area (Å²) in [5.41, 5.74) is 11.0. The Morgan fingerprint density at radius 2 is 1.86 bits per heavy atom. The zero-order valence-electron chi connectivity index (χ0n) is 19.7. The van der Waals surface area contributed by atoms with Crippen LogP contribution in [0.15, 0.2) is 65.6 Å². The van der Waals surface area contributed by atoms with Crippen molar-refractivity contribution in [3.05, 3.63) is 83.0 Å². The number of aromatic nitrogens is 2. The summed E-state index contributed by atoms with van der Waals surface area (Å²) < 4.78 is 13.8. The average Bonchev–Trinajstić information content (AvgIpc) is 3.56. The van der Waals surface area contributed by atoms with Gasteiger partial charge in [0.25, 0.3) is 11.8 Å². The van der Waals surface area contributed by atoms with Gasteiger partial charge in [0.05, 0.1) is 22.6 Å². The molecule has 1 aliphatic carbocycles. The summed E-state index contributed by atoms with van der Waals surface area (Å²) in [5, 5.41) is 4.60. The lowest BCUT2D eigenvalue weighted by atomic mass is 9.88. The summed E-state index contributed by atoms with van der Waals surface area (Å²) in [7, 11) is 0. The van der Waals surface area contributed by atoms with Crippen LogP contribution in [0.2, 0.25) is 0 Å². The Morgan fingerprint density at radius 1 is 1.05 bits per heavy atom. The van der Waals surface area contributed by atoms with Gasteiger partial charge in [-0.25, -0.2) is 9.10 Å². The number of nitrogens with zero attached hydrogens (tertiary/aromatic N) is 3. The Labute approximate surface area is 222 Å². The highest BCUT2D eigenvalue weighted by atomic mass is 35.5. The quantitative estimate of drug-likeness (QED) is 0.287. The lowest BCUT2D eigenvalue weighted by Gasteiger charge is -2.22. The van der Waals surface area contributed by atoms with Gasteiger partial charge in [0.2, 0.25) is 6.79 Å². The van der Waals surface area contributed by atoms with E-state index in [1.807, 2.05) is 54.8 Å². The Kier molecular flexibility index (Phi) is 5.81. The molecule has 2 aliphatic rings. The van der Waals surface area contributed by atoms with Gasteiger partial charge in [0.15, 0.2) is 17.2 Å². The minimum absolute atomic E-state index is 0.147. The van der Waals surface area contributed by atoms with Gasteiger partial charge in [0, 0.05) is 33.9 Å². The Bertz CT molecular complexity index is 1580. The monoisotopic (exact) mass is 532 g/mol. The molecule has 4 aromatic rings. The molecular formula is C27H21ClN4O4S. The maximum absolute atomic E-state index is 13.3. The number of thioether (sulfide) groups is 1. The molecule has 0 atom stereocenters. The highest BCUT2D eigenvalue weighted by Gasteiger charge is 2.30. The topological polar surface area (TPSA) is 99.7 Å². The molecule has 0 unspecified atom stereocenters. The molecule has 0 spiro atoms. The van der Waals surface area contributed by atoms with Crippen molar-refractivity contribution < 1.29 is 19.1 Å². The number of amides is 2. The zero-order valence-corrected chi connectivity index (χ0v) is 21.3. The number of hydrogen-bond acceptors (Lipinski definition) is 6. The van der Waals surface area contributed by atoms with Crippen molar-refractivity contribution in [2.24, 2.45) is 5.73 Å². The molecule has 0 saturated carbocycles. The molecule has 0 radical (unpaired) electrons. The van der Waals surface area contributed by atoms with Crippen molar-refractivity contribution in [3.63, 3.8) is 0 Å². The van der Waals surface area contributed by atoms with Gasteiger partial charge in [-0.2, -0.15) is 5.10 Å². The molecule has 6 rings (SSSR count). The summed E-state index contributed by atoms with van der Waals surface area (Å²) in [6, 6.07) is 18.4. The van der Waals surface area contributed by atoms with E-state index in [1.165, 1.54) is 11.8 Å². The molecule has 186 valence electrons. The van der Waals surface area contributed by atoms with Crippen LogP contribution in [0.4, 0.5) is 5.69 Å². The van der Waals surface area contributed by atoms with Crippen molar-refractivity contribution in [2.45, 2.75) is 17.7 Å². The highest BCUT2D eigenvalue weighted by Crippen LogP contribution is 2.41. The molecule has 3 aromatic carbocycles. The van der Waals surface area contributed by atoms with Gasteiger partial charge in [-0.05, 0) is 61.1 Å². The first-order chi connectivity index (χ1) is 18.0. The number of primary amides is 1. The van der Waals surface area contributed by atoms with Crippen LogP contribution in [-0.2, 0) is 12.8 Å². The molecule has 0 fully saturated rings. The molecule has 1 aromatic heterocycles. The molecule has 0 bridgehead atoms. The SMILES string of the molecule is CSc1ccccc1C(=O)N(Cl)c1ccc2c(c1)-c1c(c(C(N)=O)nn1-c1ccc3c(c1)OCO3)CC2. The zero-order chi connectivity index (χ0) is 25.7. The van der Waals surface area contributed by atoms with E-state index < -0.39 is 5.91 Å². The van der Waals surface area contributed by atoms with Gasteiger partial charge < -0.3 is 15.2 Å². The minimum Gasteiger partial charge on any atom is -0.454 e. The average molecular weight is 533 g/mol. The van der Waals surface area contributed by atoms with Crippen LogP contribution in [0.1, 0.15) is 32.0 Å². The molecule has 2 N–H and O–H groups in total. The number of anilines is 1. The maximum atomic E-state index is 13.3. The number of carbonyl (C=O) groups is 2. The van der Waals surface area contributed by atoms with Crippen LogP contribution in [0.25, 0.3) is 16.9 Å². The molecule has 10 heteroatoms. The van der Waals surface area contributed by atoms with Gasteiger partial charge in [-0.1, -0.05) is 18.2 Å². The van der Waals surface area contributed by atoms with Crippen LogP contribution >= 0.6 is 23.5 Å². The third-order valence-corrected chi connectivity index (χ3v) is 7.70. The van der Waals surface area contributed by atoms with E-state index in [9.17, 15) is 9.59 Å². The second kappa shape index (κ2) is 9.17. The van der Waals surface area contributed by atoms with Crippen molar-refractivity contribution >= 4 is 41.0 Å². The van der Waals surface area contributed by atoms with Crippen molar-refractivity contribution in [1.29, 1.82) is 0 Å². The van der Waals surface area contributed by atoms with E-state index in [0.717, 1.165) is 31.7 Å². The number of aryl methyl sites for hydroxylation is 1. The van der Waals surface area contributed by atoms with Crippen molar-refractivity contribution in [2.75, 3.05) is 17.5 Å². The summed E-state index contributed by atoms with van der Waals surface area (Å²) in [6.45, 7) is 0.147.